The van der Waals surface area contributed by atoms with Crippen LogP contribution in [0, 0.1) is 13.8 Å². The molecule has 0 spiro atoms. The summed E-state index contributed by atoms with van der Waals surface area (Å²) in [5, 5.41) is 1.02. The number of carbonyl (C=O) groups is 2. The van der Waals surface area contributed by atoms with Crippen LogP contribution in [0.2, 0.25) is 0 Å². The van der Waals surface area contributed by atoms with Gasteiger partial charge in [-0.3, -0.25) is 9.59 Å². The van der Waals surface area contributed by atoms with E-state index in [1.54, 1.807) is 13.2 Å². The first-order valence-corrected chi connectivity index (χ1v) is 8.46. The van der Waals surface area contributed by atoms with Crippen LogP contribution in [0.4, 0.5) is 0 Å². The molecule has 0 N–H and O–H groups in total. The van der Waals surface area contributed by atoms with E-state index in [0.717, 1.165) is 29.5 Å². The van der Waals surface area contributed by atoms with Crippen LogP contribution >= 0.6 is 0 Å². The Bertz CT molecular complexity index is 778. The minimum atomic E-state index is 0.0796. The summed E-state index contributed by atoms with van der Waals surface area (Å²) < 4.78 is 5.62. The van der Waals surface area contributed by atoms with Gasteiger partial charge in [0.25, 0.3) is 0 Å². The van der Waals surface area contributed by atoms with Gasteiger partial charge in [0.15, 0.2) is 0 Å². The standard InChI is InChI=1S/C19H24N2O3/c1-13-9-17-16(12-24-18(17)10-14(13)2)11-19(23)21-6-4-5-20(7-8-21)15(3)22/h9-10,12H,4-8,11H2,1-3H3. The highest BCUT2D eigenvalue weighted by atomic mass is 16.3. The predicted octanol–water partition coefficient (Wildman–Crippen LogP) is 2.67. The Morgan fingerprint density at radius 2 is 1.71 bits per heavy atom. The second kappa shape index (κ2) is 6.67. The van der Waals surface area contributed by atoms with E-state index in [9.17, 15) is 9.59 Å². The molecule has 1 saturated heterocycles. The number of benzene rings is 1. The summed E-state index contributed by atoms with van der Waals surface area (Å²) >= 11 is 0. The maximum atomic E-state index is 12.7. The van der Waals surface area contributed by atoms with Gasteiger partial charge >= 0.3 is 0 Å². The lowest BCUT2D eigenvalue weighted by atomic mass is 10.0. The first-order chi connectivity index (χ1) is 11.5. The molecule has 0 bridgehead atoms. The van der Waals surface area contributed by atoms with E-state index in [-0.39, 0.29) is 11.8 Å². The summed E-state index contributed by atoms with van der Waals surface area (Å²) in [4.78, 5) is 27.8. The van der Waals surface area contributed by atoms with Crippen LogP contribution in [0.3, 0.4) is 0 Å². The Hall–Kier alpha value is -2.30. The van der Waals surface area contributed by atoms with E-state index in [1.807, 2.05) is 15.9 Å². The zero-order valence-corrected chi connectivity index (χ0v) is 14.6. The highest BCUT2D eigenvalue weighted by molar-refractivity contribution is 5.88. The van der Waals surface area contributed by atoms with Crippen molar-refractivity contribution in [1.29, 1.82) is 0 Å². The van der Waals surface area contributed by atoms with Gasteiger partial charge in [-0.25, -0.2) is 0 Å². The number of carbonyl (C=O) groups excluding carboxylic acids is 2. The van der Waals surface area contributed by atoms with E-state index >= 15 is 0 Å². The van der Waals surface area contributed by atoms with Gasteiger partial charge in [0.1, 0.15) is 5.58 Å². The predicted molar refractivity (Wildman–Crippen MR) is 92.8 cm³/mol. The Balaban J connectivity index is 1.73. The highest BCUT2D eigenvalue weighted by Gasteiger charge is 2.21. The van der Waals surface area contributed by atoms with Gasteiger partial charge in [0.2, 0.25) is 11.8 Å². The number of hydrogen-bond donors (Lipinski definition) is 0. The number of nitrogens with zero attached hydrogens (tertiary/aromatic N) is 2. The minimum absolute atomic E-state index is 0.0796. The Morgan fingerprint density at radius 1 is 1.04 bits per heavy atom. The molecule has 1 aromatic heterocycles. The third-order valence-electron chi connectivity index (χ3n) is 4.91. The van der Waals surface area contributed by atoms with Crippen molar-refractivity contribution in [3.63, 3.8) is 0 Å². The Morgan fingerprint density at radius 3 is 2.46 bits per heavy atom. The second-order valence-corrected chi connectivity index (χ2v) is 6.61. The van der Waals surface area contributed by atoms with Crippen molar-refractivity contribution < 1.29 is 14.0 Å². The van der Waals surface area contributed by atoms with Crippen LogP contribution in [0.5, 0.6) is 0 Å². The molecule has 0 unspecified atom stereocenters. The van der Waals surface area contributed by atoms with Crippen molar-refractivity contribution in [2.24, 2.45) is 0 Å². The molecule has 0 saturated carbocycles. The lowest BCUT2D eigenvalue weighted by molar-refractivity contribution is -0.132. The maximum Gasteiger partial charge on any atom is 0.227 e. The van der Waals surface area contributed by atoms with Crippen LogP contribution in [-0.4, -0.2) is 47.8 Å². The molecule has 2 amide bonds. The van der Waals surface area contributed by atoms with E-state index in [2.05, 4.69) is 19.9 Å². The van der Waals surface area contributed by atoms with Gasteiger partial charge in [-0.15, -0.1) is 0 Å². The molecule has 24 heavy (non-hydrogen) atoms. The quantitative estimate of drug-likeness (QED) is 0.852. The number of fused-ring (bicyclic) bond motifs is 1. The monoisotopic (exact) mass is 328 g/mol. The largest absolute Gasteiger partial charge is 0.464 e. The molecule has 0 aliphatic carbocycles. The average molecular weight is 328 g/mol. The molecule has 1 aromatic carbocycles. The van der Waals surface area contributed by atoms with E-state index in [4.69, 9.17) is 4.42 Å². The number of hydrogen-bond acceptors (Lipinski definition) is 3. The highest BCUT2D eigenvalue weighted by Crippen LogP contribution is 2.25. The molecular formula is C19H24N2O3. The lowest BCUT2D eigenvalue weighted by Crippen LogP contribution is -2.37. The number of rotatable bonds is 2. The molecule has 128 valence electrons. The molecular weight excluding hydrogens is 304 g/mol. The smallest absolute Gasteiger partial charge is 0.227 e. The zero-order valence-electron chi connectivity index (χ0n) is 14.6. The second-order valence-electron chi connectivity index (χ2n) is 6.61. The Labute approximate surface area is 142 Å². The van der Waals surface area contributed by atoms with Crippen molar-refractivity contribution in [3.05, 3.63) is 35.1 Å². The van der Waals surface area contributed by atoms with Crippen molar-refractivity contribution in [2.75, 3.05) is 26.2 Å². The number of amides is 2. The topological polar surface area (TPSA) is 53.8 Å². The van der Waals surface area contributed by atoms with Crippen molar-refractivity contribution in [2.45, 2.75) is 33.6 Å². The molecule has 5 heteroatoms. The molecule has 2 heterocycles. The zero-order chi connectivity index (χ0) is 17.3. The average Bonchev–Trinajstić information content (AvgIpc) is 2.76. The van der Waals surface area contributed by atoms with Gasteiger partial charge in [0, 0.05) is 44.1 Å². The molecule has 1 fully saturated rings. The third kappa shape index (κ3) is 3.30. The fourth-order valence-corrected chi connectivity index (χ4v) is 3.23. The Kier molecular flexibility index (Phi) is 4.60. The number of aryl methyl sites for hydroxylation is 2. The summed E-state index contributed by atoms with van der Waals surface area (Å²) in [6.45, 7) is 8.36. The molecule has 0 radical (unpaired) electrons. The minimum Gasteiger partial charge on any atom is -0.464 e. The van der Waals surface area contributed by atoms with Gasteiger partial charge < -0.3 is 14.2 Å². The molecule has 1 aliphatic heterocycles. The van der Waals surface area contributed by atoms with Crippen molar-refractivity contribution >= 4 is 22.8 Å². The molecule has 0 atom stereocenters. The van der Waals surface area contributed by atoms with E-state index in [1.165, 1.54) is 11.1 Å². The molecule has 3 rings (SSSR count). The van der Waals surface area contributed by atoms with Crippen molar-refractivity contribution in [3.8, 4) is 0 Å². The van der Waals surface area contributed by atoms with Gasteiger partial charge in [-0.2, -0.15) is 0 Å². The summed E-state index contributed by atoms with van der Waals surface area (Å²) in [5.41, 5.74) is 4.15. The molecule has 2 aromatic rings. The van der Waals surface area contributed by atoms with Gasteiger partial charge in [0.05, 0.1) is 12.7 Å². The van der Waals surface area contributed by atoms with Crippen LogP contribution in [0.1, 0.15) is 30.0 Å². The number of furan rings is 1. The fourth-order valence-electron chi connectivity index (χ4n) is 3.23. The van der Waals surface area contributed by atoms with Crippen LogP contribution < -0.4 is 0 Å². The molecule has 1 aliphatic rings. The first-order valence-electron chi connectivity index (χ1n) is 8.46. The van der Waals surface area contributed by atoms with E-state index in [0.29, 0.717) is 26.1 Å². The fraction of sp³-hybridized carbons (Fsp3) is 0.474. The summed E-state index contributed by atoms with van der Waals surface area (Å²) in [6.07, 6.45) is 2.87. The van der Waals surface area contributed by atoms with Crippen LogP contribution in [-0.2, 0) is 16.0 Å². The van der Waals surface area contributed by atoms with Crippen LogP contribution in [0.15, 0.2) is 22.8 Å². The normalized spacial score (nSPS) is 15.6. The van der Waals surface area contributed by atoms with Gasteiger partial charge in [-0.05, 0) is 43.5 Å². The first kappa shape index (κ1) is 16.6. The molecule has 5 nitrogen and oxygen atoms in total. The summed E-state index contributed by atoms with van der Waals surface area (Å²) in [5.74, 6) is 0.178. The van der Waals surface area contributed by atoms with Gasteiger partial charge in [-0.1, -0.05) is 0 Å². The van der Waals surface area contributed by atoms with Crippen LogP contribution in [0.25, 0.3) is 11.0 Å². The summed E-state index contributed by atoms with van der Waals surface area (Å²) in [7, 11) is 0. The third-order valence-corrected chi connectivity index (χ3v) is 4.91. The van der Waals surface area contributed by atoms with E-state index < -0.39 is 0 Å². The SMILES string of the molecule is CC(=O)N1CCCN(C(=O)Cc2coc3cc(C)c(C)cc23)CC1. The maximum absolute atomic E-state index is 12.7. The van der Waals surface area contributed by atoms with Crippen molar-refractivity contribution in [1.82, 2.24) is 9.80 Å². The summed E-state index contributed by atoms with van der Waals surface area (Å²) in [6, 6.07) is 4.12. The lowest BCUT2D eigenvalue weighted by Gasteiger charge is -2.21.